The number of benzene rings is 7. The van der Waals surface area contributed by atoms with Crippen LogP contribution in [0.2, 0.25) is 0 Å². The Morgan fingerprint density at radius 1 is 0.490 bits per heavy atom. The van der Waals surface area contributed by atoms with Crippen molar-refractivity contribution in [2.24, 2.45) is 0 Å². The van der Waals surface area contributed by atoms with Gasteiger partial charge >= 0.3 is 0 Å². The summed E-state index contributed by atoms with van der Waals surface area (Å²) in [6.45, 7) is 0. The Hall–Kier alpha value is -6.63. The second-order valence-corrected chi connectivity index (χ2v) is 13.4. The summed E-state index contributed by atoms with van der Waals surface area (Å²) in [4.78, 5) is 14.9. The average molecular weight is 676 g/mol. The van der Waals surface area contributed by atoms with Crippen molar-refractivity contribution in [3.8, 4) is 39.9 Å². The third-order valence-electron chi connectivity index (χ3n) is 9.57. The van der Waals surface area contributed by atoms with Gasteiger partial charge in [0.05, 0.1) is 28.3 Å². The van der Waals surface area contributed by atoms with E-state index in [1.165, 1.54) is 10.8 Å². The number of furan rings is 1. The fraction of sp³-hybridized carbons (Fsp3) is 0. The molecule has 7 aromatic carbocycles. The third kappa shape index (κ3) is 4.24. The molecular formula is C45H26N4OS. The number of nitrogens with zero attached hydrogens (tertiary/aromatic N) is 4. The lowest BCUT2D eigenvalue weighted by Crippen LogP contribution is -2.00. The number of rotatable bonds is 4. The van der Waals surface area contributed by atoms with Crippen molar-refractivity contribution in [2.75, 3.05) is 0 Å². The Balaban J connectivity index is 1.21. The maximum Gasteiger partial charge on any atom is 0.165 e. The minimum atomic E-state index is -0.484. The van der Waals surface area contributed by atoms with Crippen LogP contribution in [0.5, 0.6) is 0 Å². The van der Waals surface area contributed by atoms with Crippen molar-refractivity contribution in [3.05, 3.63) is 158 Å². The molecule has 4 aromatic heterocycles. The second kappa shape index (κ2) is 10.9. The SMILES string of the molecule is [2H]c1c([2H])c([2H])c(-c2nc(-c3cccc4c3sc3c(-n5c6ccccc6c6ccccc65)cccc34)nc(-c3cccc4oc5ccccc5c34)n2)c([2H])c1[2H]. The highest BCUT2D eigenvalue weighted by Crippen LogP contribution is 2.44. The smallest absolute Gasteiger partial charge is 0.165 e. The summed E-state index contributed by atoms with van der Waals surface area (Å²) in [7, 11) is 0. The van der Waals surface area contributed by atoms with Gasteiger partial charge in [0.1, 0.15) is 11.2 Å². The maximum absolute atomic E-state index is 8.86. The Kier molecular flexibility index (Phi) is 5.08. The molecule has 0 aliphatic rings. The molecule has 0 saturated heterocycles. The van der Waals surface area contributed by atoms with Crippen LogP contribution < -0.4 is 0 Å². The summed E-state index contributed by atoms with van der Waals surface area (Å²) in [6, 6.07) is 40.6. The first kappa shape index (κ1) is 23.7. The van der Waals surface area contributed by atoms with Crippen LogP contribution in [0.25, 0.3) is 104 Å². The predicted octanol–water partition coefficient (Wildman–Crippen LogP) is 12.2. The zero-order chi connectivity index (χ0) is 37.8. The number of fused-ring (bicyclic) bond motifs is 9. The maximum atomic E-state index is 8.86. The third-order valence-corrected chi connectivity index (χ3v) is 10.8. The lowest BCUT2D eigenvalue weighted by molar-refractivity contribution is 0.669. The summed E-state index contributed by atoms with van der Waals surface area (Å²) in [5.41, 5.74) is 5.96. The summed E-state index contributed by atoms with van der Waals surface area (Å²) >= 11 is 1.65. The van der Waals surface area contributed by atoms with Gasteiger partial charge in [0.15, 0.2) is 17.5 Å². The Morgan fingerprint density at radius 2 is 1.06 bits per heavy atom. The van der Waals surface area contributed by atoms with Crippen LogP contribution in [0.3, 0.4) is 0 Å². The standard InChI is InChI=1S/C45H26N4OS/c1-2-13-27(14-3-1)43-46-44(33-20-12-26-39-40(33)32-17-6-9-25-38(32)50-39)48-45(47-43)34-21-10-18-30-31-19-11-24-37(42(31)51-41(30)34)49-35-22-7-4-15-28(35)29-16-5-8-23-36(29)49/h1-26H/i1D,2D,3D,13D,14D. The van der Waals surface area contributed by atoms with Gasteiger partial charge in [-0.3, -0.25) is 0 Å². The monoisotopic (exact) mass is 675 g/mol. The molecule has 51 heavy (non-hydrogen) atoms. The molecule has 0 saturated carbocycles. The van der Waals surface area contributed by atoms with E-state index in [2.05, 4.69) is 77.4 Å². The zero-order valence-corrected chi connectivity index (χ0v) is 27.5. The molecule has 11 aromatic rings. The molecule has 5 nitrogen and oxygen atoms in total. The highest BCUT2D eigenvalue weighted by Gasteiger charge is 2.21. The minimum Gasteiger partial charge on any atom is -0.456 e. The van der Waals surface area contributed by atoms with Crippen LogP contribution >= 0.6 is 11.3 Å². The van der Waals surface area contributed by atoms with Gasteiger partial charge in [-0.25, -0.2) is 15.0 Å². The number of hydrogen-bond acceptors (Lipinski definition) is 5. The van der Waals surface area contributed by atoms with Crippen LogP contribution in [-0.2, 0) is 0 Å². The molecule has 0 aliphatic carbocycles. The number of para-hydroxylation sites is 3. The van der Waals surface area contributed by atoms with E-state index < -0.39 is 18.1 Å². The van der Waals surface area contributed by atoms with Gasteiger partial charge < -0.3 is 8.98 Å². The molecule has 0 N–H and O–H groups in total. The molecule has 238 valence electrons. The molecule has 11 rings (SSSR count). The van der Waals surface area contributed by atoms with E-state index >= 15 is 0 Å². The van der Waals surface area contributed by atoms with E-state index in [0.717, 1.165) is 53.2 Å². The molecular weight excluding hydrogens is 645 g/mol. The largest absolute Gasteiger partial charge is 0.456 e. The molecule has 0 amide bonds. The van der Waals surface area contributed by atoms with E-state index in [-0.39, 0.29) is 29.3 Å². The van der Waals surface area contributed by atoms with Crippen molar-refractivity contribution < 1.29 is 11.3 Å². The lowest BCUT2D eigenvalue weighted by Gasteiger charge is -2.10. The van der Waals surface area contributed by atoms with Crippen molar-refractivity contribution in [1.82, 2.24) is 19.5 Å². The first-order valence-corrected chi connectivity index (χ1v) is 17.4. The molecule has 0 unspecified atom stereocenters. The van der Waals surface area contributed by atoms with Gasteiger partial charge in [-0.05, 0) is 36.4 Å². The molecule has 6 heteroatoms. The van der Waals surface area contributed by atoms with E-state index in [1.807, 2.05) is 54.6 Å². The Bertz CT molecular complexity index is 3380. The minimum absolute atomic E-state index is 0.0177. The Morgan fingerprint density at radius 3 is 1.84 bits per heavy atom. The van der Waals surface area contributed by atoms with Gasteiger partial charge in [-0.2, -0.15) is 0 Å². The van der Waals surface area contributed by atoms with E-state index in [0.29, 0.717) is 22.6 Å². The second-order valence-electron chi connectivity index (χ2n) is 12.4. The predicted molar refractivity (Wildman–Crippen MR) is 211 cm³/mol. The molecule has 0 atom stereocenters. The fourth-order valence-corrected chi connectivity index (χ4v) is 8.70. The molecule has 0 fully saturated rings. The molecule has 0 aliphatic heterocycles. The summed E-state index contributed by atoms with van der Waals surface area (Å²) in [6.07, 6.45) is 0. The molecule has 0 bridgehead atoms. The van der Waals surface area contributed by atoms with Gasteiger partial charge in [-0.15, -0.1) is 11.3 Å². The quantitative estimate of drug-likeness (QED) is 0.186. The van der Waals surface area contributed by atoms with E-state index in [1.54, 1.807) is 11.3 Å². The molecule has 0 radical (unpaired) electrons. The number of aromatic nitrogens is 4. The average Bonchev–Trinajstić information content (AvgIpc) is 3.92. The highest BCUT2D eigenvalue weighted by atomic mass is 32.1. The summed E-state index contributed by atoms with van der Waals surface area (Å²) in [5, 5.41) is 6.16. The topological polar surface area (TPSA) is 56.7 Å². The summed E-state index contributed by atoms with van der Waals surface area (Å²) < 4.78 is 53.5. The van der Waals surface area contributed by atoms with Crippen molar-refractivity contribution in [3.63, 3.8) is 0 Å². The summed E-state index contributed by atoms with van der Waals surface area (Å²) in [5.74, 6) is 0.589. The zero-order valence-electron chi connectivity index (χ0n) is 31.7. The number of thiophene rings is 1. The van der Waals surface area contributed by atoms with Crippen molar-refractivity contribution >= 4 is 75.3 Å². The van der Waals surface area contributed by atoms with Gasteiger partial charge in [-0.1, -0.05) is 121 Å². The fourth-order valence-electron chi connectivity index (χ4n) is 7.39. The van der Waals surface area contributed by atoms with Crippen molar-refractivity contribution in [1.29, 1.82) is 0 Å². The van der Waals surface area contributed by atoms with Gasteiger partial charge in [0.25, 0.3) is 0 Å². The first-order chi connectivity index (χ1) is 27.4. The van der Waals surface area contributed by atoms with Crippen molar-refractivity contribution in [2.45, 2.75) is 0 Å². The Labute approximate surface area is 302 Å². The van der Waals surface area contributed by atoms with Crippen LogP contribution in [-0.4, -0.2) is 19.5 Å². The van der Waals surface area contributed by atoms with Gasteiger partial charge in [0, 0.05) is 53.7 Å². The lowest BCUT2D eigenvalue weighted by atomic mass is 10.0. The van der Waals surface area contributed by atoms with Gasteiger partial charge in [0.2, 0.25) is 0 Å². The van der Waals surface area contributed by atoms with Crippen LogP contribution in [0, 0.1) is 0 Å². The van der Waals surface area contributed by atoms with E-state index in [9.17, 15) is 0 Å². The molecule has 4 heterocycles. The highest BCUT2D eigenvalue weighted by molar-refractivity contribution is 7.26. The normalized spacial score (nSPS) is 13.3. The number of hydrogen-bond donors (Lipinski definition) is 0. The first-order valence-electron chi connectivity index (χ1n) is 19.0. The van der Waals surface area contributed by atoms with E-state index in [4.69, 9.17) is 26.2 Å². The molecule has 0 spiro atoms. The van der Waals surface area contributed by atoms with Crippen LogP contribution in [0.15, 0.2) is 162 Å². The van der Waals surface area contributed by atoms with Crippen LogP contribution in [0.1, 0.15) is 6.85 Å². The van der Waals surface area contributed by atoms with Crippen LogP contribution in [0.4, 0.5) is 0 Å².